The Kier molecular flexibility index (Phi) is 6.34. The van der Waals surface area contributed by atoms with Crippen LogP contribution in [0.5, 0.6) is 0 Å². The van der Waals surface area contributed by atoms with E-state index in [1.807, 2.05) is 6.92 Å². The van der Waals surface area contributed by atoms with E-state index in [9.17, 15) is 0 Å². The van der Waals surface area contributed by atoms with E-state index in [1.54, 1.807) is 7.11 Å². The van der Waals surface area contributed by atoms with E-state index in [0.717, 1.165) is 0 Å². The van der Waals surface area contributed by atoms with Crippen LogP contribution in [0.1, 0.15) is 20.8 Å². The Morgan fingerprint density at radius 2 is 1.92 bits per heavy atom. The Morgan fingerprint density at radius 3 is 2.25 bits per heavy atom. The topological polar surface area (TPSA) is 41.5 Å². The molecule has 0 bridgehead atoms. The first-order chi connectivity index (χ1) is 5.61. The molecular formula is C9H21NO2. The summed E-state index contributed by atoms with van der Waals surface area (Å²) in [5.41, 5.74) is 0. The molecule has 12 heavy (non-hydrogen) atoms. The Morgan fingerprint density at radius 1 is 1.33 bits per heavy atom. The Labute approximate surface area is 75.1 Å². The molecule has 0 radical (unpaired) electrons. The fraction of sp³-hybridized carbons (Fsp3) is 1.00. The van der Waals surface area contributed by atoms with Crippen molar-refractivity contribution in [2.75, 3.05) is 20.3 Å². The number of hydrogen-bond donors (Lipinski definition) is 2. The zero-order valence-corrected chi connectivity index (χ0v) is 8.50. The lowest BCUT2D eigenvalue weighted by molar-refractivity contribution is 0.132. The van der Waals surface area contributed by atoms with Gasteiger partial charge in [0.1, 0.15) is 0 Å². The van der Waals surface area contributed by atoms with Crippen LogP contribution < -0.4 is 5.32 Å². The third kappa shape index (κ3) is 4.70. The van der Waals surface area contributed by atoms with Crippen LogP contribution in [-0.2, 0) is 4.74 Å². The zero-order chi connectivity index (χ0) is 9.56. The van der Waals surface area contributed by atoms with Gasteiger partial charge in [0.25, 0.3) is 0 Å². The van der Waals surface area contributed by atoms with Gasteiger partial charge in [-0.1, -0.05) is 13.8 Å². The van der Waals surface area contributed by atoms with Crippen molar-refractivity contribution in [2.24, 2.45) is 5.92 Å². The van der Waals surface area contributed by atoms with Crippen molar-refractivity contribution in [3.8, 4) is 0 Å². The van der Waals surface area contributed by atoms with Gasteiger partial charge in [-0.05, 0) is 12.8 Å². The van der Waals surface area contributed by atoms with Crippen LogP contribution in [0, 0.1) is 5.92 Å². The summed E-state index contributed by atoms with van der Waals surface area (Å²) in [5, 5.41) is 12.1. The maximum absolute atomic E-state index is 8.83. The largest absolute Gasteiger partial charge is 0.395 e. The minimum absolute atomic E-state index is 0.146. The lowest BCUT2D eigenvalue weighted by atomic mass is 10.0. The molecule has 0 saturated heterocycles. The first-order valence-corrected chi connectivity index (χ1v) is 4.47. The van der Waals surface area contributed by atoms with Gasteiger partial charge in [-0.25, -0.2) is 0 Å². The molecule has 3 nitrogen and oxygen atoms in total. The van der Waals surface area contributed by atoms with Gasteiger partial charge >= 0.3 is 0 Å². The molecule has 74 valence electrons. The zero-order valence-electron chi connectivity index (χ0n) is 8.50. The monoisotopic (exact) mass is 175 g/mol. The molecule has 2 atom stereocenters. The normalized spacial score (nSPS) is 16.5. The molecule has 0 aliphatic rings. The smallest absolute Gasteiger partial charge is 0.0618 e. The molecule has 0 saturated carbocycles. The number of aliphatic hydroxyl groups is 1. The molecule has 0 heterocycles. The summed E-state index contributed by atoms with van der Waals surface area (Å²) >= 11 is 0. The van der Waals surface area contributed by atoms with Crippen LogP contribution in [0.4, 0.5) is 0 Å². The second kappa shape index (κ2) is 6.40. The van der Waals surface area contributed by atoms with Crippen molar-refractivity contribution in [3.63, 3.8) is 0 Å². The fourth-order valence-electron chi connectivity index (χ4n) is 1.03. The van der Waals surface area contributed by atoms with E-state index in [-0.39, 0.29) is 12.6 Å². The molecule has 0 spiro atoms. The Balaban J connectivity index is 3.77. The highest BCUT2D eigenvalue weighted by atomic mass is 16.5. The van der Waals surface area contributed by atoms with Crippen molar-refractivity contribution in [1.82, 2.24) is 5.32 Å². The molecule has 0 rings (SSSR count). The van der Waals surface area contributed by atoms with Crippen LogP contribution >= 0.6 is 0 Å². The van der Waals surface area contributed by atoms with Gasteiger partial charge in [0.2, 0.25) is 0 Å². The van der Waals surface area contributed by atoms with Gasteiger partial charge in [0.05, 0.1) is 13.2 Å². The summed E-state index contributed by atoms with van der Waals surface area (Å²) in [6.07, 6.45) is 0. The molecule has 2 N–H and O–H groups in total. The van der Waals surface area contributed by atoms with E-state index in [4.69, 9.17) is 9.84 Å². The average molecular weight is 175 g/mol. The molecule has 0 aromatic heterocycles. The molecule has 1 unspecified atom stereocenters. The highest BCUT2D eigenvalue weighted by Crippen LogP contribution is 2.02. The molecular weight excluding hydrogens is 154 g/mol. The van der Waals surface area contributed by atoms with Gasteiger partial charge < -0.3 is 15.2 Å². The number of aliphatic hydroxyl groups excluding tert-OH is 1. The molecule has 0 aliphatic heterocycles. The van der Waals surface area contributed by atoms with Crippen LogP contribution in [0.2, 0.25) is 0 Å². The molecule has 0 amide bonds. The molecule has 0 fully saturated rings. The second-order valence-electron chi connectivity index (χ2n) is 3.56. The van der Waals surface area contributed by atoms with Gasteiger partial charge in [0, 0.05) is 19.2 Å². The van der Waals surface area contributed by atoms with Crippen molar-refractivity contribution in [1.29, 1.82) is 0 Å². The highest BCUT2D eigenvalue weighted by molar-refractivity contribution is 4.73. The third-order valence-electron chi connectivity index (χ3n) is 1.92. The number of nitrogens with one attached hydrogen (secondary N) is 1. The summed E-state index contributed by atoms with van der Waals surface area (Å²) in [5.74, 6) is 0.527. The Hall–Kier alpha value is -0.120. The average Bonchev–Trinajstić information content (AvgIpc) is 2.03. The van der Waals surface area contributed by atoms with E-state index < -0.39 is 0 Å². The van der Waals surface area contributed by atoms with Gasteiger partial charge in [-0.3, -0.25) is 0 Å². The maximum Gasteiger partial charge on any atom is 0.0618 e. The van der Waals surface area contributed by atoms with Crippen LogP contribution in [0.25, 0.3) is 0 Å². The third-order valence-corrected chi connectivity index (χ3v) is 1.92. The standard InChI is InChI=1S/C9H21NO2/c1-7(2)9(6-12-4)10-8(3)5-11/h7-11H,5-6H2,1-4H3/t8-,9?/m0/s1. The predicted molar refractivity (Wildman–Crippen MR) is 50.2 cm³/mol. The molecule has 0 aromatic carbocycles. The molecule has 3 heteroatoms. The van der Waals surface area contributed by atoms with Crippen molar-refractivity contribution < 1.29 is 9.84 Å². The number of hydrogen-bond acceptors (Lipinski definition) is 3. The number of methoxy groups -OCH3 is 1. The Bertz CT molecular complexity index is 107. The van der Waals surface area contributed by atoms with Gasteiger partial charge in [-0.2, -0.15) is 0 Å². The summed E-state index contributed by atoms with van der Waals surface area (Å²) in [6, 6.07) is 0.477. The summed E-state index contributed by atoms with van der Waals surface area (Å²) < 4.78 is 5.07. The summed E-state index contributed by atoms with van der Waals surface area (Å²) in [7, 11) is 1.70. The quantitative estimate of drug-likeness (QED) is 0.622. The number of rotatable bonds is 6. The summed E-state index contributed by atoms with van der Waals surface area (Å²) in [6.45, 7) is 7.11. The van der Waals surface area contributed by atoms with Gasteiger partial charge in [0.15, 0.2) is 0 Å². The summed E-state index contributed by atoms with van der Waals surface area (Å²) in [4.78, 5) is 0. The maximum atomic E-state index is 8.83. The van der Waals surface area contributed by atoms with Crippen molar-refractivity contribution in [2.45, 2.75) is 32.9 Å². The van der Waals surface area contributed by atoms with E-state index >= 15 is 0 Å². The predicted octanol–water partition coefficient (Wildman–Crippen LogP) is 0.628. The molecule has 0 aromatic rings. The lowest BCUT2D eigenvalue weighted by Gasteiger charge is -2.24. The van der Waals surface area contributed by atoms with Crippen molar-refractivity contribution in [3.05, 3.63) is 0 Å². The van der Waals surface area contributed by atoms with Crippen LogP contribution in [-0.4, -0.2) is 37.5 Å². The van der Waals surface area contributed by atoms with Gasteiger partial charge in [-0.15, -0.1) is 0 Å². The van der Waals surface area contributed by atoms with E-state index in [0.29, 0.717) is 18.6 Å². The van der Waals surface area contributed by atoms with Crippen LogP contribution in [0.3, 0.4) is 0 Å². The SMILES string of the molecule is COCC(N[C@@H](C)CO)C(C)C. The first-order valence-electron chi connectivity index (χ1n) is 4.47. The van der Waals surface area contributed by atoms with Crippen molar-refractivity contribution >= 4 is 0 Å². The minimum Gasteiger partial charge on any atom is -0.395 e. The fourth-order valence-corrected chi connectivity index (χ4v) is 1.03. The number of ether oxygens (including phenoxy) is 1. The van der Waals surface area contributed by atoms with E-state index in [2.05, 4.69) is 19.2 Å². The molecule has 0 aliphatic carbocycles. The second-order valence-corrected chi connectivity index (χ2v) is 3.56. The van der Waals surface area contributed by atoms with Crippen LogP contribution in [0.15, 0.2) is 0 Å². The highest BCUT2D eigenvalue weighted by Gasteiger charge is 2.14. The lowest BCUT2D eigenvalue weighted by Crippen LogP contribution is -2.44. The minimum atomic E-state index is 0.146. The first kappa shape index (κ1) is 11.9. The van der Waals surface area contributed by atoms with E-state index in [1.165, 1.54) is 0 Å².